The van der Waals surface area contributed by atoms with Gasteiger partial charge in [-0.25, -0.2) is 0 Å². The maximum absolute atomic E-state index is 12.2. The highest BCUT2D eigenvalue weighted by Crippen LogP contribution is 2.06. The monoisotopic (exact) mass is 299 g/mol. The van der Waals surface area contributed by atoms with Crippen LogP contribution >= 0.6 is 12.4 Å². The number of primary amides is 1. The molecule has 1 rings (SSSR count). The first-order valence-electron chi connectivity index (χ1n) is 6.30. The Labute approximate surface area is 125 Å². The van der Waals surface area contributed by atoms with E-state index >= 15 is 0 Å². The fourth-order valence-electron chi connectivity index (χ4n) is 1.85. The molecule has 0 aliphatic heterocycles. The van der Waals surface area contributed by atoms with Crippen LogP contribution in [0.2, 0.25) is 0 Å². The summed E-state index contributed by atoms with van der Waals surface area (Å²) in [6.07, 6.45) is 0.446. The SMILES string of the molecule is CC(C)N(CC(N)=O)C(=O)[C@@H](N)Cc1ccccc1.Cl. The van der Waals surface area contributed by atoms with Crippen molar-refractivity contribution in [3.63, 3.8) is 0 Å². The van der Waals surface area contributed by atoms with Crippen LogP contribution < -0.4 is 11.5 Å². The molecule has 0 fully saturated rings. The lowest BCUT2D eigenvalue weighted by Gasteiger charge is -2.28. The van der Waals surface area contributed by atoms with E-state index in [2.05, 4.69) is 0 Å². The highest BCUT2D eigenvalue weighted by molar-refractivity contribution is 5.87. The van der Waals surface area contributed by atoms with Gasteiger partial charge in [0, 0.05) is 6.04 Å². The van der Waals surface area contributed by atoms with Crippen molar-refractivity contribution in [3.8, 4) is 0 Å². The zero-order chi connectivity index (χ0) is 14.4. The van der Waals surface area contributed by atoms with Crippen molar-refractivity contribution in [1.82, 2.24) is 4.90 Å². The minimum atomic E-state index is -0.663. The van der Waals surface area contributed by atoms with Crippen LogP contribution in [-0.2, 0) is 16.0 Å². The summed E-state index contributed by atoms with van der Waals surface area (Å²) >= 11 is 0. The van der Waals surface area contributed by atoms with Crippen molar-refractivity contribution in [2.45, 2.75) is 32.4 Å². The van der Waals surface area contributed by atoms with E-state index in [9.17, 15) is 9.59 Å². The zero-order valence-corrected chi connectivity index (χ0v) is 12.6. The number of hydrogen-bond acceptors (Lipinski definition) is 3. The molecule has 0 aromatic heterocycles. The van der Waals surface area contributed by atoms with E-state index in [-0.39, 0.29) is 30.9 Å². The molecule has 1 aromatic rings. The van der Waals surface area contributed by atoms with Gasteiger partial charge in [-0.3, -0.25) is 9.59 Å². The summed E-state index contributed by atoms with van der Waals surface area (Å²) in [7, 11) is 0. The zero-order valence-electron chi connectivity index (χ0n) is 11.8. The number of nitrogens with zero attached hydrogens (tertiary/aromatic N) is 1. The van der Waals surface area contributed by atoms with Gasteiger partial charge in [0.25, 0.3) is 0 Å². The van der Waals surface area contributed by atoms with Crippen molar-refractivity contribution in [1.29, 1.82) is 0 Å². The number of nitrogens with two attached hydrogens (primary N) is 2. The minimum absolute atomic E-state index is 0. The summed E-state index contributed by atoms with van der Waals surface area (Å²) in [5, 5.41) is 0. The number of halogens is 1. The molecule has 0 unspecified atom stereocenters. The van der Waals surface area contributed by atoms with Gasteiger partial charge in [0.05, 0.1) is 12.6 Å². The number of amides is 2. The highest BCUT2D eigenvalue weighted by atomic mass is 35.5. The van der Waals surface area contributed by atoms with Gasteiger partial charge in [-0.1, -0.05) is 30.3 Å². The van der Waals surface area contributed by atoms with Crippen molar-refractivity contribution in [2.75, 3.05) is 6.54 Å². The van der Waals surface area contributed by atoms with Gasteiger partial charge in [-0.05, 0) is 25.8 Å². The molecule has 5 nitrogen and oxygen atoms in total. The topological polar surface area (TPSA) is 89.4 Å². The number of carbonyl (C=O) groups excluding carboxylic acids is 2. The van der Waals surface area contributed by atoms with Gasteiger partial charge in [0.15, 0.2) is 0 Å². The first-order valence-corrected chi connectivity index (χ1v) is 6.30. The minimum Gasteiger partial charge on any atom is -0.368 e. The van der Waals surface area contributed by atoms with Crippen molar-refractivity contribution in [2.24, 2.45) is 11.5 Å². The Kier molecular flexibility index (Phi) is 7.87. The molecular formula is C14H22ClN3O2. The van der Waals surface area contributed by atoms with Crippen molar-refractivity contribution < 1.29 is 9.59 Å². The summed E-state index contributed by atoms with van der Waals surface area (Å²) in [6, 6.07) is 8.77. The Balaban J connectivity index is 0.00000361. The van der Waals surface area contributed by atoms with E-state index in [0.29, 0.717) is 6.42 Å². The molecule has 20 heavy (non-hydrogen) atoms. The molecule has 0 radical (unpaired) electrons. The molecule has 6 heteroatoms. The molecule has 4 N–H and O–H groups in total. The van der Waals surface area contributed by atoms with E-state index in [0.717, 1.165) is 5.56 Å². The second-order valence-electron chi connectivity index (χ2n) is 4.82. The number of benzene rings is 1. The largest absolute Gasteiger partial charge is 0.368 e. The van der Waals surface area contributed by atoms with Crippen LogP contribution in [0.1, 0.15) is 19.4 Å². The maximum Gasteiger partial charge on any atom is 0.240 e. The van der Waals surface area contributed by atoms with Crippen LogP contribution in [0, 0.1) is 0 Å². The second-order valence-corrected chi connectivity index (χ2v) is 4.82. The molecule has 0 saturated heterocycles. The van der Waals surface area contributed by atoms with E-state index < -0.39 is 11.9 Å². The van der Waals surface area contributed by atoms with Crippen LogP contribution in [0.25, 0.3) is 0 Å². The van der Waals surface area contributed by atoms with Crippen LogP contribution in [0.15, 0.2) is 30.3 Å². The molecule has 0 heterocycles. The van der Waals surface area contributed by atoms with Gasteiger partial charge in [-0.2, -0.15) is 0 Å². The molecule has 2 amide bonds. The molecule has 0 saturated carbocycles. The van der Waals surface area contributed by atoms with Gasteiger partial charge in [-0.15, -0.1) is 12.4 Å². The van der Waals surface area contributed by atoms with Crippen LogP contribution in [0.3, 0.4) is 0 Å². The Morgan fingerprint density at radius 3 is 2.20 bits per heavy atom. The van der Waals surface area contributed by atoms with Crippen LogP contribution in [0.5, 0.6) is 0 Å². The lowest BCUT2D eigenvalue weighted by atomic mass is 10.1. The number of carbonyl (C=O) groups is 2. The van der Waals surface area contributed by atoms with Gasteiger partial charge in [0.1, 0.15) is 0 Å². The molecule has 0 spiro atoms. The summed E-state index contributed by atoms with van der Waals surface area (Å²) in [5.74, 6) is -0.786. The predicted octanol–water partition coefficient (Wildman–Crippen LogP) is 0.701. The third-order valence-electron chi connectivity index (χ3n) is 2.85. The van der Waals surface area contributed by atoms with Crippen LogP contribution in [-0.4, -0.2) is 35.3 Å². The lowest BCUT2D eigenvalue weighted by molar-refractivity contribution is -0.138. The Morgan fingerprint density at radius 1 is 1.20 bits per heavy atom. The quantitative estimate of drug-likeness (QED) is 0.810. The van der Waals surface area contributed by atoms with Crippen molar-refractivity contribution >= 4 is 24.2 Å². The molecule has 0 bridgehead atoms. The fraction of sp³-hybridized carbons (Fsp3) is 0.429. The Morgan fingerprint density at radius 2 is 1.75 bits per heavy atom. The third kappa shape index (κ3) is 5.59. The first-order chi connectivity index (χ1) is 8.91. The van der Waals surface area contributed by atoms with E-state index in [1.165, 1.54) is 4.90 Å². The summed E-state index contributed by atoms with van der Waals surface area (Å²) in [6.45, 7) is 3.56. The van der Waals surface area contributed by atoms with Gasteiger partial charge in [0.2, 0.25) is 11.8 Å². The molecule has 1 aromatic carbocycles. The predicted molar refractivity (Wildman–Crippen MR) is 81.4 cm³/mol. The molecule has 1 atom stereocenters. The highest BCUT2D eigenvalue weighted by Gasteiger charge is 2.24. The molecule has 0 aliphatic carbocycles. The van der Waals surface area contributed by atoms with E-state index in [1.54, 1.807) is 0 Å². The average Bonchev–Trinajstić information content (AvgIpc) is 2.35. The lowest BCUT2D eigenvalue weighted by Crippen LogP contribution is -2.50. The molecule has 112 valence electrons. The third-order valence-corrected chi connectivity index (χ3v) is 2.85. The molecule has 0 aliphatic rings. The summed E-state index contributed by atoms with van der Waals surface area (Å²) in [4.78, 5) is 24.6. The summed E-state index contributed by atoms with van der Waals surface area (Å²) < 4.78 is 0. The van der Waals surface area contributed by atoms with Crippen molar-refractivity contribution in [3.05, 3.63) is 35.9 Å². The van der Waals surface area contributed by atoms with Gasteiger partial charge >= 0.3 is 0 Å². The Hall–Kier alpha value is -1.59. The summed E-state index contributed by atoms with van der Waals surface area (Å²) in [5.41, 5.74) is 12.1. The fourth-order valence-corrected chi connectivity index (χ4v) is 1.85. The number of hydrogen-bond donors (Lipinski definition) is 2. The maximum atomic E-state index is 12.2. The standard InChI is InChI=1S/C14H21N3O2.ClH/c1-10(2)17(9-13(16)18)14(19)12(15)8-11-6-4-3-5-7-11;/h3-7,10,12H,8-9,15H2,1-2H3,(H2,16,18);1H/t12-;/m0./s1. The van der Waals surface area contributed by atoms with E-state index in [1.807, 2.05) is 44.2 Å². The Bertz CT molecular complexity index is 437. The van der Waals surface area contributed by atoms with E-state index in [4.69, 9.17) is 11.5 Å². The first kappa shape index (κ1) is 18.4. The average molecular weight is 300 g/mol. The normalized spacial score (nSPS) is 11.6. The molecular weight excluding hydrogens is 278 g/mol. The smallest absolute Gasteiger partial charge is 0.240 e. The number of rotatable bonds is 6. The van der Waals surface area contributed by atoms with Gasteiger partial charge < -0.3 is 16.4 Å². The van der Waals surface area contributed by atoms with Crippen LogP contribution in [0.4, 0.5) is 0 Å². The second kappa shape index (κ2) is 8.55.